The lowest BCUT2D eigenvalue weighted by atomic mass is 10.1. The SMILES string of the molecule is CN(C)C(=O)c1cccnc1OC1CCN(C(=O)NCCc2ccccc2)C1. The van der Waals surface area contributed by atoms with Crippen LogP contribution in [-0.2, 0) is 6.42 Å². The second kappa shape index (κ2) is 9.21. The van der Waals surface area contributed by atoms with Crippen molar-refractivity contribution >= 4 is 11.9 Å². The van der Waals surface area contributed by atoms with Gasteiger partial charge in [0.2, 0.25) is 5.88 Å². The van der Waals surface area contributed by atoms with E-state index >= 15 is 0 Å². The van der Waals surface area contributed by atoms with Crippen molar-refractivity contribution in [1.29, 1.82) is 0 Å². The van der Waals surface area contributed by atoms with Gasteiger partial charge in [-0.05, 0) is 24.1 Å². The van der Waals surface area contributed by atoms with Crippen LogP contribution in [0.5, 0.6) is 5.88 Å². The van der Waals surface area contributed by atoms with Gasteiger partial charge in [0.05, 0.1) is 6.54 Å². The Balaban J connectivity index is 1.50. The predicted molar refractivity (Wildman–Crippen MR) is 106 cm³/mol. The molecular formula is C21H26N4O3. The number of urea groups is 1. The van der Waals surface area contributed by atoms with Crippen molar-refractivity contribution in [2.24, 2.45) is 0 Å². The minimum absolute atomic E-state index is 0.0901. The van der Waals surface area contributed by atoms with Gasteiger partial charge >= 0.3 is 6.03 Å². The first-order chi connectivity index (χ1) is 13.5. The molecule has 1 N–H and O–H groups in total. The van der Waals surface area contributed by atoms with Crippen molar-refractivity contribution in [3.05, 3.63) is 59.8 Å². The maximum absolute atomic E-state index is 12.4. The molecule has 1 unspecified atom stereocenters. The monoisotopic (exact) mass is 382 g/mol. The smallest absolute Gasteiger partial charge is 0.317 e. The van der Waals surface area contributed by atoms with E-state index in [4.69, 9.17) is 4.74 Å². The number of benzene rings is 1. The summed E-state index contributed by atoms with van der Waals surface area (Å²) in [5, 5.41) is 2.96. The summed E-state index contributed by atoms with van der Waals surface area (Å²) < 4.78 is 5.95. The summed E-state index contributed by atoms with van der Waals surface area (Å²) in [5.74, 6) is 0.161. The van der Waals surface area contributed by atoms with Crippen LogP contribution in [0, 0.1) is 0 Å². The van der Waals surface area contributed by atoms with Crippen LogP contribution >= 0.6 is 0 Å². The van der Waals surface area contributed by atoms with E-state index in [0.29, 0.717) is 37.5 Å². The molecule has 1 aliphatic rings. The summed E-state index contributed by atoms with van der Waals surface area (Å²) in [5.41, 5.74) is 1.62. The van der Waals surface area contributed by atoms with Gasteiger partial charge in [-0.2, -0.15) is 0 Å². The molecule has 7 heteroatoms. The topological polar surface area (TPSA) is 74.8 Å². The van der Waals surface area contributed by atoms with E-state index in [-0.39, 0.29) is 18.0 Å². The number of pyridine rings is 1. The highest BCUT2D eigenvalue weighted by Gasteiger charge is 2.29. The molecule has 0 radical (unpaired) electrons. The third kappa shape index (κ3) is 5.00. The molecule has 1 fully saturated rings. The summed E-state index contributed by atoms with van der Waals surface area (Å²) in [6, 6.07) is 13.4. The Hall–Kier alpha value is -3.09. The van der Waals surface area contributed by atoms with Crippen LogP contribution < -0.4 is 10.1 Å². The molecule has 2 heterocycles. The van der Waals surface area contributed by atoms with Crippen LogP contribution in [0.1, 0.15) is 22.3 Å². The Bertz CT molecular complexity index is 810. The summed E-state index contributed by atoms with van der Waals surface area (Å²) in [6.45, 7) is 1.68. The van der Waals surface area contributed by atoms with Gasteiger partial charge in [0, 0.05) is 39.8 Å². The summed E-state index contributed by atoms with van der Waals surface area (Å²) >= 11 is 0. The molecule has 7 nitrogen and oxygen atoms in total. The first-order valence-corrected chi connectivity index (χ1v) is 9.44. The van der Waals surface area contributed by atoms with Gasteiger partial charge in [-0.25, -0.2) is 9.78 Å². The summed E-state index contributed by atoms with van der Waals surface area (Å²) in [4.78, 5) is 32.1. The maximum Gasteiger partial charge on any atom is 0.317 e. The molecule has 148 valence electrons. The van der Waals surface area contributed by atoms with Crippen LogP contribution in [-0.4, -0.2) is 66.6 Å². The minimum atomic E-state index is -0.177. The van der Waals surface area contributed by atoms with E-state index in [1.54, 1.807) is 37.3 Å². The summed E-state index contributed by atoms with van der Waals surface area (Å²) in [6.07, 6.45) is 2.93. The number of carbonyl (C=O) groups excluding carboxylic acids is 2. The highest BCUT2D eigenvalue weighted by molar-refractivity contribution is 5.96. The minimum Gasteiger partial charge on any atom is -0.472 e. The predicted octanol–water partition coefficient (Wildman–Crippen LogP) is 2.19. The number of rotatable bonds is 6. The van der Waals surface area contributed by atoms with Gasteiger partial charge in [-0.3, -0.25) is 4.79 Å². The van der Waals surface area contributed by atoms with Crippen molar-refractivity contribution in [3.8, 4) is 5.88 Å². The van der Waals surface area contributed by atoms with Crippen LogP contribution in [0.3, 0.4) is 0 Å². The average Bonchev–Trinajstić information content (AvgIpc) is 3.17. The van der Waals surface area contributed by atoms with E-state index in [1.807, 2.05) is 30.3 Å². The fraction of sp³-hybridized carbons (Fsp3) is 0.381. The van der Waals surface area contributed by atoms with Gasteiger partial charge in [-0.15, -0.1) is 0 Å². The zero-order chi connectivity index (χ0) is 19.9. The van der Waals surface area contributed by atoms with E-state index < -0.39 is 0 Å². The normalized spacial score (nSPS) is 15.9. The lowest BCUT2D eigenvalue weighted by Gasteiger charge is -2.19. The number of carbonyl (C=O) groups is 2. The van der Waals surface area contributed by atoms with E-state index in [2.05, 4.69) is 10.3 Å². The van der Waals surface area contributed by atoms with E-state index in [1.165, 1.54) is 10.5 Å². The van der Waals surface area contributed by atoms with Crippen LogP contribution in [0.2, 0.25) is 0 Å². The number of aromatic nitrogens is 1. The standard InChI is InChI=1S/C21H26N4O3/c1-24(2)20(26)18-9-6-12-22-19(18)28-17-11-14-25(15-17)21(27)23-13-10-16-7-4-3-5-8-16/h3-9,12,17H,10-11,13-15H2,1-2H3,(H,23,27). The molecule has 0 aliphatic carbocycles. The lowest BCUT2D eigenvalue weighted by Crippen LogP contribution is -2.40. The Kier molecular flexibility index (Phi) is 6.47. The third-order valence-electron chi connectivity index (χ3n) is 4.65. The number of nitrogens with zero attached hydrogens (tertiary/aromatic N) is 3. The van der Waals surface area contributed by atoms with Gasteiger partial charge in [0.1, 0.15) is 11.7 Å². The molecule has 1 aliphatic heterocycles. The third-order valence-corrected chi connectivity index (χ3v) is 4.65. The first-order valence-electron chi connectivity index (χ1n) is 9.44. The summed E-state index contributed by atoms with van der Waals surface area (Å²) in [7, 11) is 3.38. The van der Waals surface area contributed by atoms with Gasteiger partial charge < -0.3 is 19.9 Å². The Morgan fingerprint density at radius 2 is 2.00 bits per heavy atom. The lowest BCUT2D eigenvalue weighted by molar-refractivity contribution is 0.0818. The molecule has 3 rings (SSSR count). The number of hydrogen-bond acceptors (Lipinski definition) is 4. The Morgan fingerprint density at radius 3 is 2.75 bits per heavy atom. The fourth-order valence-electron chi connectivity index (χ4n) is 3.13. The first kappa shape index (κ1) is 19.7. The van der Waals surface area contributed by atoms with Crippen molar-refractivity contribution in [2.45, 2.75) is 18.9 Å². The second-order valence-corrected chi connectivity index (χ2v) is 7.00. The molecule has 2 aromatic rings. The van der Waals surface area contributed by atoms with Gasteiger partial charge in [0.15, 0.2) is 0 Å². The van der Waals surface area contributed by atoms with Crippen molar-refractivity contribution in [3.63, 3.8) is 0 Å². The molecule has 0 spiro atoms. The molecule has 1 saturated heterocycles. The number of amides is 3. The highest BCUT2D eigenvalue weighted by atomic mass is 16.5. The van der Waals surface area contributed by atoms with Crippen LogP contribution in [0.15, 0.2) is 48.7 Å². The molecule has 28 heavy (non-hydrogen) atoms. The second-order valence-electron chi connectivity index (χ2n) is 7.00. The van der Waals surface area contributed by atoms with Crippen molar-refractivity contribution in [1.82, 2.24) is 20.1 Å². The molecule has 0 saturated carbocycles. The van der Waals surface area contributed by atoms with Crippen molar-refractivity contribution < 1.29 is 14.3 Å². The Morgan fingerprint density at radius 1 is 1.21 bits per heavy atom. The van der Waals surface area contributed by atoms with Crippen molar-refractivity contribution in [2.75, 3.05) is 33.7 Å². The number of hydrogen-bond donors (Lipinski definition) is 1. The molecule has 1 atom stereocenters. The highest BCUT2D eigenvalue weighted by Crippen LogP contribution is 2.21. The molecule has 3 amide bonds. The van der Waals surface area contributed by atoms with E-state index in [9.17, 15) is 9.59 Å². The average molecular weight is 382 g/mol. The molecule has 1 aromatic carbocycles. The molecule has 0 bridgehead atoms. The van der Waals surface area contributed by atoms with Gasteiger partial charge in [0.25, 0.3) is 5.91 Å². The maximum atomic E-state index is 12.4. The number of likely N-dealkylation sites (tertiary alicyclic amines) is 1. The van der Waals surface area contributed by atoms with E-state index in [0.717, 1.165) is 6.42 Å². The molecule has 1 aromatic heterocycles. The largest absolute Gasteiger partial charge is 0.472 e. The number of ether oxygens (including phenoxy) is 1. The van der Waals surface area contributed by atoms with Gasteiger partial charge in [-0.1, -0.05) is 30.3 Å². The zero-order valence-electron chi connectivity index (χ0n) is 16.3. The zero-order valence-corrected chi connectivity index (χ0v) is 16.3. The van der Waals surface area contributed by atoms with Crippen LogP contribution in [0.25, 0.3) is 0 Å². The fourth-order valence-corrected chi connectivity index (χ4v) is 3.13. The quantitative estimate of drug-likeness (QED) is 0.831. The Labute approximate surface area is 165 Å². The van der Waals surface area contributed by atoms with Crippen LogP contribution in [0.4, 0.5) is 4.79 Å². The molecular weight excluding hydrogens is 356 g/mol. The number of nitrogens with one attached hydrogen (secondary N) is 1.